The van der Waals surface area contributed by atoms with Crippen molar-refractivity contribution in [3.05, 3.63) is 48.0 Å². The molecule has 1 aliphatic heterocycles. The summed E-state index contributed by atoms with van der Waals surface area (Å²) in [5.74, 6) is 0.179. The molecule has 1 heterocycles. The van der Waals surface area contributed by atoms with Crippen molar-refractivity contribution in [1.82, 2.24) is 0 Å². The van der Waals surface area contributed by atoms with Crippen LogP contribution in [-0.2, 0) is 13.7 Å². The molecule has 168 valence electrons. The molecule has 0 saturated carbocycles. The quantitative estimate of drug-likeness (QED) is 0.316. The largest absolute Gasteiger partial charge is 0.461 e. The summed E-state index contributed by atoms with van der Waals surface area (Å²) in [5, 5.41) is 0.146. The van der Waals surface area contributed by atoms with Gasteiger partial charge in [-0.05, 0) is 71.2 Å². The summed E-state index contributed by atoms with van der Waals surface area (Å²) in [6, 6.07) is 8.72. The van der Waals surface area contributed by atoms with Crippen LogP contribution in [-0.4, -0.2) is 26.6 Å². The minimum absolute atomic E-state index is 0.00904. The average Bonchev–Trinajstić information content (AvgIpc) is 2.80. The van der Waals surface area contributed by atoms with E-state index in [2.05, 4.69) is 99.3 Å². The maximum absolute atomic E-state index is 6.98. The molecule has 0 amide bonds. The summed E-state index contributed by atoms with van der Waals surface area (Å²) >= 11 is 0. The first kappa shape index (κ1) is 25.4. The summed E-state index contributed by atoms with van der Waals surface area (Å²) in [6.07, 6.45) is 3.67. The van der Waals surface area contributed by atoms with Crippen molar-refractivity contribution in [3.63, 3.8) is 0 Å². The van der Waals surface area contributed by atoms with Crippen LogP contribution in [0.5, 0.6) is 0 Å². The fraction of sp³-hybridized carbons (Fsp3) is 0.680. The van der Waals surface area contributed by atoms with Crippen molar-refractivity contribution >= 4 is 15.4 Å². The zero-order valence-electron chi connectivity index (χ0n) is 21.0. The van der Waals surface area contributed by atoms with Gasteiger partial charge in [-0.1, -0.05) is 56.7 Å². The van der Waals surface area contributed by atoms with Crippen LogP contribution in [0.3, 0.4) is 0 Å². The highest BCUT2D eigenvalue weighted by molar-refractivity contribution is 6.74. The number of hydrogen-bond acceptors (Lipinski definition) is 3. The molecule has 0 spiro atoms. The normalized spacial score (nSPS) is 20.8. The number of benzene rings is 1. The predicted octanol–water partition coefficient (Wildman–Crippen LogP) is 7.49. The molecule has 3 nitrogen and oxygen atoms in total. The number of hydrogen-bond donors (Lipinski definition) is 0. The fourth-order valence-corrected chi connectivity index (χ4v) is 4.84. The molecule has 2 atom stereocenters. The van der Waals surface area contributed by atoms with Gasteiger partial charge >= 0.3 is 7.12 Å². The lowest BCUT2D eigenvalue weighted by atomic mass is 9.66. The highest BCUT2D eigenvalue weighted by atomic mass is 28.4. The lowest BCUT2D eigenvalue weighted by molar-refractivity contribution is 0.00578. The Morgan fingerprint density at radius 1 is 1.13 bits per heavy atom. The molecule has 2 rings (SSSR count). The zero-order valence-corrected chi connectivity index (χ0v) is 22.0. The summed E-state index contributed by atoms with van der Waals surface area (Å²) in [6.45, 7) is 26.1. The average molecular weight is 431 g/mol. The monoisotopic (exact) mass is 430 g/mol. The van der Waals surface area contributed by atoms with Gasteiger partial charge < -0.3 is 13.7 Å². The molecule has 0 unspecified atom stereocenters. The topological polar surface area (TPSA) is 27.7 Å². The third-order valence-corrected chi connectivity index (χ3v) is 11.8. The van der Waals surface area contributed by atoms with Gasteiger partial charge in [0.2, 0.25) is 0 Å². The summed E-state index contributed by atoms with van der Waals surface area (Å²) in [7, 11) is -2.22. The Hall–Kier alpha value is -0.878. The molecule has 0 N–H and O–H groups in total. The van der Waals surface area contributed by atoms with E-state index in [1.165, 1.54) is 11.1 Å². The first-order valence-corrected chi connectivity index (χ1v) is 14.2. The first-order valence-electron chi connectivity index (χ1n) is 11.3. The SMILES string of the molecule is C=CC[C@H](C[C@H](O[Si](C)(C)C(C)(C)C)c1cccc(C)c1)B1OC(C)(C)C(C)(C)O1. The molecular weight excluding hydrogens is 387 g/mol. The highest BCUT2D eigenvalue weighted by Crippen LogP contribution is 2.46. The molecule has 0 aliphatic carbocycles. The van der Waals surface area contributed by atoms with Crippen molar-refractivity contribution in [1.29, 1.82) is 0 Å². The molecule has 0 aromatic heterocycles. The van der Waals surface area contributed by atoms with Crippen LogP contribution < -0.4 is 0 Å². The molecule has 0 radical (unpaired) electrons. The van der Waals surface area contributed by atoms with E-state index in [0.717, 1.165) is 12.8 Å². The van der Waals surface area contributed by atoms with E-state index < -0.39 is 8.32 Å². The van der Waals surface area contributed by atoms with Crippen molar-refractivity contribution in [3.8, 4) is 0 Å². The van der Waals surface area contributed by atoms with Crippen LogP contribution >= 0.6 is 0 Å². The molecule has 5 heteroatoms. The van der Waals surface area contributed by atoms with Crippen LogP contribution in [0.4, 0.5) is 0 Å². The zero-order chi connectivity index (χ0) is 23.0. The molecule has 30 heavy (non-hydrogen) atoms. The van der Waals surface area contributed by atoms with Gasteiger partial charge in [0, 0.05) is 5.82 Å². The van der Waals surface area contributed by atoms with Crippen molar-refractivity contribution in [2.75, 3.05) is 0 Å². The van der Waals surface area contributed by atoms with Crippen molar-refractivity contribution in [2.45, 2.75) is 109 Å². The van der Waals surface area contributed by atoms with E-state index in [-0.39, 0.29) is 35.3 Å². The summed E-state index contributed by atoms with van der Waals surface area (Å²) < 4.78 is 19.8. The summed E-state index contributed by atoms with van der Waals surface area (Å²) in [5.41, 5.74) is 1.82. The summed E-state index contributed by atoms with van der Waals surface area (Å²) in [4.78, 5) is 0. The van der Waals surface area contributed by atoms with Crippen LogP contribution in [0, 0.1) is 6.92 Å². The van der Waals surface area contributed by atoms with Gasteiger partial charge in [0.25, 0.3) is 0 Å². The Kier molecular flexibility index (Phi) is 7.56. The molecule has 1 aromatic carbocycles. The molecule has 1 saturated heterocycles. The Balaban J connectivity index is 2.36. The second-order valence-corrected chi connectivity index (χ2v) is 16.2. The fourth-order valence-electron chi connectivity index (χ4n) is 3.54. The molecule has 1 fully saturated rings. The second-order valence-electron chi connectivity index (χ2n) is 11.4. The maximum atomic E-state index is 6.98. The third-order valence-electron chi connectivity index (χ3n) is 7.30. The van der Waals surface area contributed by atoms with E-state index >= 15 is 0 Å². The Morgan fingerprint density at radius 2 is 1.70 bits per heavy atom. The smallest absolute Gasteiger partial charge is 0.410 e. The van der Waals surface area contributed by atoms with Crippen LogP contribution in [0.1, 0.15) is 78.5 Å². The Labute approximate surface area is 186 Å². The van der Waals surface area contributed by atoms with Crippen LogP contribution in [0.2, 0.25) is 23.9 Å². The van der Waals surface area contributed by atoms with E-state index in [4.69, 9.17) is 13.7 Å². The van der Waals surface area contributed by atoms with Gasteiger partial charge in [0.15, 0.2) is 8.32 Å². The van der Waals surface area contributed by atoms with Crippen LogP contribution in [0.15, 0.2) is 36.9 Å². The Bertz CT molecular complexity index is 720. The Morgan fingerprint density at radius 3 is 2.17 bits per heavy atom. The second kappa shape index (κ2) is 8.93. The van der Waals surface area contributed by atoms with E-state index in [0.29, 0.717) is 0 Å². The first-order chi connectivity index (χ1) is 13.6. The molecule has 0 bridgehead atoms. The number of aryl methyl sites for hydroxylation is 1. The van der Waals surface area contributed by atoms with Gasteiger partial charge in [0.1, 0.15) is 0 Å². The van der Waals surface area contributed by atoms with Gasteiger partial charge in [-0.3, -0.25) is 0 Å². The maximum Gasteiger partial charge on any atom is 0.461 e. The van der Waals surface area contributed by atoms with E-state index in [9.17, 15) is 0 Å². The third kappa shape index (κ3) is 5.67. The standard InChI is InChI=1S/C25H43BO3Si/c1-12-14-21(26-28-24(6,7)25(8,9)29-26)18-22(20-16-13-15-19(2)17-20)27-30(10,11)23(3,4)5/h12-13,15-17,21-22H,1,14,18H2,2-11H3/t21-,22+/m1/s1. The van der Waals surface area contributed by atoms with Crippen LogP contribution in [0.25, 0.3) is 0 Å². The predicted molar refractivity (Wildman–Crippen MR) is 131 cm³/mol. The lowest BCUT2D eigenvalue weighted by Crippen LogP contribution is -2.42. The van der Waals surface area contributed by atoms with Gasteiger partial charge in [-0.25, -0.2) is 0 Å². The molecular formula is C25H43BO3Si. The van der Waals surface area contributed by atoms with E-state index in [1.54, 1.807) is 0 Å². The van der Waals surface area contributed by atoms with Crippen molar-refractivity contribution in [2.24, 2.45) is 0 Å². The number of rotatable bonds is 8. The molecule has 1 aromatic rings. The number of allylic oxidation sites excluding steroid dienone is 1. The minimum atomic E-state index is -1.96. The van der Waals surface area contributed by atoms with Gasteiger partial charge in [0.05, 0.1) is 17.3 Å². The van der Waals surface area contributed by atoms with Gasteiger partial charge in [-0.2, -0.15) is 0 Å². The van der Waals surface area contributed by atoms with Crippen molar-refractivity contribution < 1.29 is 13.7 Å². The molecule has 1 aliphatic rings. The minimum Gasteiger partial charge on any atom is -0.410 e. The lowest BCUT2D eigenvalue weighted by Gasteiger charge is -2.40. The highest BCUT2D eigenvalue weighted by Gasteiger charge is 2.54. The van der Waals surface area contributed by atoms with E-state index in [1.807, 2.05) is 6.08 Å². The van der Waals surface area contributed by atoms with Gasteiger partial charge in [-0.15, -0.1) is 6.58 Å².